The van der Waals surface area contributed by atoms with Crippen molar-refractivity contribution in [2.24, 2.45) is 0 Å². The van der Waals surface area contributed by atoms with Gasteiger partial charge in [0.1, 0.15) is 5.75 Å². The Hall–Kier alpha value is -2.01. The van der Waals surface area contributed by atoms with E-state index in [-0.39, 0.29) is 5.91 Å². The molecule has 1 aromatic carbocycles. The second kappa shape index (κ2) is 7.69. The quantitative estimate of drug-likeness (QED) is 0.773. The molecule has 2 rings (SSSR count). The summed E-state index contributed by atoms with van der Waals surface area (Å²) in [7, 11) is 0. The van der Waals surface area contributed by atoms with E-state index < -0.39 is 0 Å². The SMILES string of the molecule is CCc1ccc(CNC(=O)CCOc2ccc(N)cc2)s1. The standard InChI is InChI=1S/C16H20N2O2S/c1-2-14-7-8-15(21-14)11-18-16(19)9-10-20-13-5-3-12(17)4-6-13/h3-8H,2,9-11,17H2,1H3,(H,18,19). The Balaban J connectivity index is 1.66. The van der Waals surface area contributed by atoms with Gasteiger partial charge in [0.2, 0.25) is 5.91 Å². The maximum atomic E-state index is 11.7. The van der Waals surface area contributed by atoms with Crippen molar-refractivity contribution in [3.63, 3.8) is 0 Å². The first-order chi connectivity index (χ1) is 10.2. The molecule has 0 atom stereocenters. The zero-order valence-corrected chi connectivity index (χ0v) is 12.9. The van der Waals surface area contributed by atoms with Crippen LogP contribution in [0.25, 0.3) is 0 Å². The molecule has 0 aliphatic rings. The van der Waals surface area contributed by atoms with Gasteiger partial charge in [-0.1, -0.05) is 6.92 Å². The summed E-state index contributed by atoms with van der Waals surface area (Å²) in [5.41, 5.74) is 6.29. The minimum Gasteiger partial charge on any atom is -0.493 e. The number of benzene rings is 1. The third-order valence-electron chi connectivity index (χ3n) is 3.00. The lowest BCUT2D eigenvalue weighted by molar-refractivity contribution is -0.121. The number of nitrogen functional groups attached to an aromatic ring is 1. The number of amides is 1. The molecule has 0 bridgehead atoms. The number of nitrogens with one attached hydrogen (secondary N) is 1. The first-order valence-electron chi connectivity index (χ1n) is 7.00. The molecule has 0 aliphatic heterocycles. The Kier molecular flexibility index (Phi) is 5.63. The van der Waals surface area contributed by atoms with Crippen molar-refractivity contribution in [1.29, 1.82) is 0 Å². The molecule has 0 saturated heterocycles. The molecule has 21 heavy (non-hydrogen) atoms. The van der Waals surface area contributed by atoms with E-state index in [9.17, 15) is 4.79 Å². The lowest BCUT2D eigenvalue weighted by atomic mass is 10.3. The van der Waals surface area contributed by atoms with Gasteiger partial charge in [-0.05, 0) is 42.8 Å². The molecule has 1 aromatic heterocycles. The van der Waals surface area contributed by atoms with Crippen LogP contribution < -0.4 is 15.8 Å². The van der Waals surface area contributed by atoms with E-state index >= 15 is 0 Å². The number of hydrogen-bond donors (Lipinski definition) is 2. The summed E-state index contributed by atoms with van der Waals surface area (Å²) in [6, 6.07) is 11.3. The summed E-state index contributed by atoms with van der Waals surface area (Å²) in [5, 5.41) is 2.90. The number of ether oxygens (including phenoxy) is 1. The summed E-state index contributed by atoms with van der Waals surface area (Å²) < 4.78 is 5.49. The van der Waals surface area contributed by atoms with Crippen molar-refractivity contribution in [2.75, 3.05) is 12.3 Å². The van der Waals surface area contributed by atoms with Crippen LogP contribution in [0.15, 0.2) is 36.4 Å². The molecule has 0 fully saturated rings. The number of nitrogens with two attached hydrogens (primary N) is 1. The number of carbonyl (C=O) groups is 1. The van der Waals surface area contributed by atoms with Crippen LogP contribution in [0.5, 0.6) is 5.75 Å². The van der Waals surface area contributed by atoms with E-state index in [1.165, 1.54) is 9.75 Å². The molecule has 3 N–H and O–H groups in total. The van der Waals surface area contributed by atoms with Crippen molar-refractivity contribution in [3.8, 4) is 5.75 Å². The van der Waals surface area contributed by atoms with Gasteiger partial charge >= 0.3 is 0 Å². The van der Waals surface area contributed by atoms with Crippen molar-refractivity contribution >= 4 is 22.9 Å². The summed E-state index contributed by atoms with van der Waals surface area (Å²) >= 11 is 1.74. The van der Waals surface area contributed by atoms with Gasteiger partial charge in [-0.2, -0.15) is 0 Å². The molecule has 0 radical (unpaired) electrons. The van der Waals surface area contributed by atoms with Crippen molar-refractivity contribution in [1.82, 2.24) is 5.32 Å². The minimum absolute atomic E-state index is 0.00288. The zero-order chi connectivity index (χ0) is 15.1. The first kappa shape index (κ1) is 15.4. The van der Waals surface area contributed by atoms with Gasteiger partial charge in [-0.25, -0.2) is 0 Å². The minimum atomic E-state index is -0.00288. The van der Waals surface area contributed by atoms with Gasteiger partial charge in [0, 0.05) is 15.4 Å². The van der Waals surface area contributed by atoms with E-state index in [1.54, 1.807) is 35.6 Å². The molecule has 0 spiro atoms. The van der Waals surface area contributed by atoms with Gasteiger partial charge in [0.05, 0.1) is 19.6 Å². The monoisotopic (exact) mass is 304 g/mol. The predicted octanol–water partition coefficient (Wildman–Crippen LogP) is 2.98. The molecule has 1 amide bonds. The maximum absolute atomic E-state index is 11.7. The average molecular weight is 304 g/mol. The van der Waals surface area contributed by atoms with Crippen LogP contribution in [0, 0.1) is 0 Å². The third kappa shape index (κ3) is 5.11. The molecule has 0 aliphatic carbocycles. The lowest BCUT2D eigenvalue weighted by Crippen LogP contribution is -2.24. The summed E-state index contributed by atoms with van der Waals surface area (Å²) in [6.45, 7) is 3.08. The topological polar surface area (TPSA) is 64.3 Å². The summed E-state index contributed by atoms with van der Waals surface area (Å²) in [6.07, 6.45) is 1.38. The van der Waals surface area contributed by atoms with Gasteiger partial charge in [-0.3, -0.25) is 4.79 Å². The fraction of sp³-hybridized carbons (Fsp3) is 0.312. The molecule has 1 heterocycles. The molecular formula is C16H20N2O2S. The lowest BCUT2D eigenvalue weighted by Gasteiger charge is -2.07. The van der Waals surface area contributed by atoms with Crippen LogP contribution in [0.4, 0.5) is 5.69 Å². The largest absolute Gasteiger partial charge is 0.493 e. The number of thiophene rings is 1. The Morgan fingerprint density at radius 3 is 2.57 bits per heavy atom. The van der Waals surface area contributed by atoms with E-state index in [4.69, 9.17) is 10.5 Å². The average Bonchev–Trinajstić information content (AvgIpc) is 2.95. The smallest absolute Gasteiger partial charge is 0.223 e. The summed E-state index contributed by atoms with van der Waals surface area (Å²) in [4.78, 5) is 14.2. The molecular weight excluding hydrogens is 284 g/mol. The maximum Gasteiger partial charge on any atom is 0.223 e. The third-order valence-corrected chi connectivity index (χ3v) is 4.23. The second-order valence-corrected chi connectivity index (χ2v) is 5.92. The molecule has 5 heteroatoms. The highest BCUT2D eigenvalue weighted by molar-refractivity contribution is 7.11. The fourth-order valence-corrected chi connectivity index (χ4v) is 2.70. The number of hydrogen-bond acceptors (Lipinski definition) is 4. The van der Waals surface area contributed by atoms with Crippen molar-refractivity contribution < 1.29 is 9.53 Å². The fourth-order valence-electron chi connectivity index (χ4n) is 1.81. The zero-order valence-electron chi connectivity index (χ0n) is 12.1. The van der Waals surface area contributed by atoms with Crippen LogP contribution in [0.1, 0.15) is 23.1 Å². The van der Waals surface area contributed by atoms with Crippen molar-refractivity contribution in [2.45, 2.75) is 26.3 Å². The highest BCUT2D eigenvalue weighted by Crippen LogP contribution is 2.16. The van der Waals surface area contributed by atoms with Crippen molar-refractivity contribution in [3.05, 3.63) is 46.2 Å². The van der Waals surface area contributed by atoms with Crippen LogP contribution in [0.2, 0.25) is 0 Å². The van der Waals surface area contributed by atoms with Gasteiger partial charge in [0.15, 0.2) is 0 Å². The molecule has 4 nitrogen and oxygen atoms in total. The Morgan fingerprint density at radius 2 is 1.90 bits per heavy atom. The number of aryl methyl sites for hydroxylation is 1. The molecule has 0 unspecified atom stereocenters. The van der Waals surface area contributed by atoms with Crippen LogP contribution in [-0.2, 0) is 17.8 Å². The number of anilines is 1. The highest BCUT2D eigenvalue weighted by Gasteiger charge is 2.04. The molecule has 2 aromatic rings. The van der Waals surface area contributed by atoms with E-state index in [1.807, 2.05) is 0 Å². The van der Waals surface area contributed by atoms with E-state index in [0.717, 1.165) is 12.2 Å². The van der Waals surface area contributed by atoms with Gasteiger partial charge in [0.25, 0.3) is 0 Å². The van der Waals surface area contributed by atoms with Gasteiger partial charge < -0.3 is 15.8 Å². The van der Waals surface area contributed by atoms with E-state index in [0.29, 0.717) is 25.3 Å². The summed E-state index contributed by atoms with van der Waals surface area (Å²) in [5.74, 6) is 0.722. The highest BCUT2D eigenvalue weighted by atomic mass is 32.1. The van der Waals surface area contributed by atoms with Crippen LogP contribution in [-0.4, -0.2) is 12.5 Å². The molecule has 112 valence electrons. The van der Waals surface area contributed by atoms with E-state index in [2.05, 4.69) is 24.4 Å². The Morgan fingerprint density at radius 1 is 1.19 bits per heavy atom. The van der Waals surface area contributed by atoms with Crippen LogP contribution in [0.3, 0.4) is 0 Å². The van der Waals surface area contributed by atoms with Crippen LogP contribution >= 0.6 is 11.3 Å². The number of rotatable bonds is 7. The normalized spacial score (nSPS) is 10.3. The number of carbonyl (C=O) groups excluding carboxylic acids is 1. The first-order valence-corrected chi connectivity index (χ1v) is 7.81. The predicted molar refractivity (Wildman–Crippen MR) is 86.5 cm³/mol. The Bertz CT molecular complexity index is 578. The second-order valence-electron chi connectivity index (χ2n) is 4.67. The Labute approximate surface area is 128 Å². The van der Waals surface area contributed by atoms with Gasteiger partial charge in [-0.15, -0.1) is 11.3 Å². The molecule has 0 saturated carbocycles.